The number of rotatable bonds is 7. The van der Waals surface area contributed by atoms with Gasteiger partial charge in [-0.25, -0.2) is 0 Å². The number of piperidine rings is 1. The first-order valence-electron chi connectivity index (χ1n) is 9.63. The number of hydrogen-bond acceptors (Lipinski definition) is 3. The minimum atomic E-state index is -0.819. The number of carbonyl (C=O) groups excluding carboxylic acids is 1. The predicted octanol–water partition coefficient (Wildman–Crippen LogP) is 4.94. The van der Waals surface area contributed by atoms with E-state index in [9.17, 15) is 14.7 Å². The Kier molecular flexibility index (Phi) is 8.58. The fourth-order valence-corrected chi connectivity index (χ4v) is 4.01. The Morgan fingerprint density at radius 3 is 2.57 bits per heavy atom. The van der Waals surface area contributed by atoms with Gasteiger partial charge in [0.25, 0.3) is 5.91 Å². The molecule has 0 unspecified atom stereocenters. The van der Waals surface area contributed by atoms with Gasteiger partial charge >= 0.3 is 5.97 Å². The van der Waals surface area contributed by atoms with Gasteiger partial charge in [0.15, 0.2) is 0 Å². The van der Waals surface area contributed by atoms with Crippen molar-refractivity contribution in [1.29, 1.82) is 0 Å². The zero-order valence-electron chi connectivity index (χ0n) is 16.9. The first-order valence-corrected chi connectivity index (χ1v) is 10.6. The smallest absolute Gasteiger partial charge is 0.308 e. The van der Waals surface area contributed by atoms with E-state index in [1.807, 2.05) is 69.3 Å². The Bertz CT molecular complexity index is 776. The van der Waals surface area contributed by atoms with E-state index in [4.69, 9.17) is 0 Å². The number of allylic oxidation sites excluding steroid dienone is 5. The maximum absolute atomic E-state index is 13.3. The number of likely N-dealkylation sites (tertiary alicyclic amines) is 1. The van der Waals surface area contributed by atoms with Gasteiger partial charge in [-0.2, -0.15) is 0 Å². The Balaban J connectivity index is 2.27. The second-order valence-corrected chi connectivity index (χ2v) is 8.20. The van der Waals surface area contributed by atoms with Gasteiger partial charge in [-0.15, -0.1) is 11.8 Å². The van der Waals surface area contributed by atoms with Crippen molar-refractivity contribution >= 4 is 23.6 Å². The number of carbonyl (C=O) groups is 2. The first kappa shape index (κ1) is 22.0. The highest BCUT2D eigenvalue weighted by Gasteiger charge is 2.29. The van der Waals surface area contributed by atoms with Crippen LogP contribution in [0.2, 0.25) is 0 Å². The van der Waals surface area contributed by atoms with E-state index in [0.29, 0.717) is 24.3 Å². The van der Waals surface area contributed by atoms with Crippen LogP contribution in [0, 0.1) is 5.92 Å². The Labute approximate surface area is 172 Å². The summed E-state index contributed by atoms with van der Waals surface area (Å²) in [5.41, 5.74) is 2.86. The zero-order chi connectivity index (χ0) is 20.5. The molecule has 0 saturated carbocycles. The molecule has 1 saturated heterocycles. The predicted molar refractivity (Wildman–Crippen MR) is 115 cm³/mol. The monoisotopic (exact) mass is 399 g/mol. The highest BCUT2D eigenvalue weighted by molar-refractivity contribution is 7.99. The van der Waals surface area contributed by atoms with E-state index in [1.54, 1.807) is 16.7 Å². The van der Waals surface area contributed by atoms with Crippen LogP contribution < -0.4 is 0 Å². The van der Waals surface area contributed by atoms with E-state index in [2.05, 4.69) is 0 Å². The van der Waals surface area contributed by atoms with Gasteiger partial charge in [0, 0.05) is 29.3 Å². The molecule has 0 radical (unpaired) electrons. The summed E-state index contributed by atoms with van der Waals surface area (Å²) >= 11 is 1.62. The van der Waals surface area contributed by atoms with Crippen molar-refractivity contribution in [2.24, 2.45) is 5.92 Å². The van der Waals surface area contributed by atoms with E-state index in [0.717, 1.165) is 22.5 Å². The van der Waals surface area contributed by atoms with Crippen molar-refractivity contribution in [3.63, 3.8) is 0 Å². The Hall–Kier alpha value is -2.27. The third-order valence-electron chi connectivity index (χ3n) is 4.72. The molecule has 1 aromatic rings. The van der Waals surface area contributed by atoms with Crippen LogP contribution in [0.1, 0.15) is 33.6 Å². The fraction of sp³-hybridized carbons (Fsp3) is 0.391. The summed E-state index contributed by atoms with van der Waals surface area (Å²) in [6, 6.07) is 10.00. The van der Waals surface area contributed by atoms with Crippen molar-refractivity contribution in [1.82, 2.24) is 4.90 Å². The molecule has 0 aromatic heterocycles. The third kappa shape index (κ3) is 6.41. The molecule has 0 bridgehead atoms. The molecule has 1 aliphatic heterocycles. The van der Waals surface area contributed by atoms with Crippen LogP contribution in [0.25, 0.3) is 0 Å². The maximum atomic E-state index is 13.3. The molecule has 2 rings (SSSR count). The standard InChI is InChI=1S/C23H29NO3S/c1-4-9-18(17(2)3)14-20(16-28-21-11-6-5-7-12-21)22(25)24-13-8-10-19(15-24)23(26)27/h4-7,9,11-12,14,19H,8,10,13,15-16H2,1-3H3,(H,26,27)/b9-4-,20-14+/t19-/m0/s1. The number of nitrogens with zero attached hydrogens (tertiary/aromatic N) is 1. The van der Waals surface area contributed by atoms with Gasteiger partial charge in [0.1, 0.15) is 0 Å². The van der Waals surface area contributed by atoms with E-state index < -0.39 is 11.9 Å². The topological polar surface area (TPSA) is 57.6 Å². The fourth-order valence-electron chi connectivity index (χ4n) is 3.14. The van der Waals surface area contributed by atoms with Gasteiger partial charge in [0.2, 0.25) is 0 Å². The minimum Gasteiger partial charge on any atom is -0.481 e. The van der Waals surface area contributed by atoms with Gasteiger partial charge in [-0.05, 0) is 57.4 Å². The van der Waals surface area contributed by atoms with Crippen LogP contribution in [0.15, 0.2) is 70.2 Å². The molecular formula is C23H29NO3S. The summed E-state index contributed by atoms with van der Waals surface area (Å²) < 4.78 is 0. The molecule has 150 valence electrons. The summed E-state index contributed by atoms with van der Waals surface area (Å²) in [5.74, 6) is -0.803. The van der Waals surface area contributed by atoms with Crippen LogP contribution in [-0.4, -0.2) is 40.7 Å². The van der Waals surface area contributed by atoms with Crippen molar-refractivity contribution < 1.29 is 14.7 Å². The lowest BCUT2D eigenvalue weighted by atomic mass is 9.97. The third-order valence-corrected chi connectivity index (χ3v) is 5.78. The van der Waals surface area contributed by atoms with Crippen molar-refractivity contribution in [3.8, 4) is 0 Å². The molecule has 1 heterocycles. The summed E-state index contributed by atoms with van der Waals surface area (Å²) in [7, 11) is 0. The second-order valence-electron chi connectivity index (χ2n) is 7.16. The van der Waals surface area contributed by atoms with Crippen molar-refractivity contribution in [2.75, 3.05) is 18.8 Å². The number of aliphatic carboxylic acids is 1. The van der Waals surface area contributed by atoms with Crippen LogP contribution >= 0.6 is 11.8 Å². The second kappa shape index (κ2) is 10.9. The van der Waals surface area contributed by atoms with Gasteiger partial charge in [0.05, 0.1) is 5.92 Å². The van der Waals surface area contributed by atoms with Gasteiger partial charge in [-0.3, -0.25) is 9.59 Å². The lowest BCUT2D eigenvalue weighted by molar-refractivity contribution is -0.145. The summed E-state index contributed by atoms with van der Waals surface area (Å²) in [4.78, 5) is 27.4. The molecular weight excluding hydrogens is 370 g/mol. The molecule has 1 amide bonds. The summed E-state index contributed by atoms with van der Waals surface area (Å²) in [6.45, 7) is 6.91. The van der Waals surface area contributed by atoms with Crippen molar-refractivity contribution in [3.05, 3.63) is 65.3 Å². The molecule has 1 aromatic carbocycles. The van der Waals surface area contributed by atoms with Crippen LogP contribution in [0.4, 0.5) is 0 Å². The number of thioether (sulfide) groups is 1. The minimum absolute atomic E-state index is 0.0577. The largest absolute Gasteiger partial charge is 0.481 e. The van der Waals surface area contributed by atoms with Crippen molar-refractivity contribution in [2.45, 2.75) is 38.5 Å². The quantitative estimate of drug-likeness (QED) is 0.401. The SMILES string of the molecule is C/C=C\C(/C=C(\CSc1ccccc1)C(=O)N1CCC[C@H](C(=O)O)C1)=C(C)C. The van der Waals surface area contributed by atoms with E-state index in [-0.39, 0.29) is 12.5 Å². The summed E-state index contributed by atoms with van der Waals surface area (Å²) in [5, 5.41) is 9.34. The normalized spacial score (nSPS) is 17.6. The average molecular weight is 400 g/mol. The summed E-state index contributed by atoms with van der Waals surface area (Å²) in [6.07, 6.45) is 7.29. The molecule has 4 nitrogen and oxygen atoms in total. The molecule has 1 atom stereocenters. The first-order chi connectivity index (χ1) is 13.4. The number of carboxylic acids is 1. The number of hydrogen-bond donors (Lipinski definition) is 1. The van der Waals surface area contributed by atoms with Crippen LogP contribution in [-0.2, 0) is 9.59 Å². The lowest BCUT2D eigenvalue weighted by Gasteiger charge is -2.31. The molecule has 0 spiro atoms. The highest BCUT2D eigenvalue weighted by atomic mass is 32.2. The van der Waals surface area contributed by atoms with Crippen LogP contribution in [0.3, 0.4) is 0 Å². The van der Waals surface area contributed by atoms with Crippen LogP contribution in [0.5, 0.6) is 0 Å². The number of amides is 1. The lowest BCUT2D eigenvalue weighted by Crippen LogP contribution is -2.43. The molecule has 1 fully saturated rings. The average Bonchev–Trinajstić information content (AvgIpc) is 2.70. The van der Waals surface area contributed by atoms with Gasteiger partial charge < -0.3 is 10.0 Å². The zero-order valence-corrected chi connectivity index (χ0v) is 17.7. The molecule has 28 heavy (non-hydrogen) atoms. The molecule has 1 aliphatic rings. The maximum Gasteiger partial charge on any atom is 0.308 e. The van der Waals surface area contributed by atoms with E-state index >= 15 is 0 Å². The number of carboxylic acid groups (broad SMARTS) is 1. The molecule has 0 aliphatic carbocycles. The number of benzene rings is 1. The Morgan fingerprint density at radius 2 is 1.96 bits per heavy atom. The highest BCUT2D eigenvalue weighted by Crippen LogP contribution is 2.25. The molecule has 5 heteroatoms. The van der Waals surface area contributed by atoms with E-state index in [1.165, 1.54) is 0 Å². The molecule has 1 N–H and O–H groups in total. The Morgan fingerprint density at radius 1 is 1.25 bits per heavy atom. The van der Waals surface area contributed by atoms with Gasteiger partial charge in [-0.1, -0.05) is 35.9 Å².